The Morgan fingerprint density at radius 1 is 1.25 bits per heavy atom. The van der Waals surface area contributed by atoms with Gasteiger partial charge in [0.15, 0.2) is 0 Å². The average molecular weight is 274 g/mol. The van der Waals surface area contributed by atoms with E-state index in [0.29, 0.717) is 17.5 Å². The number of benzene rings is 2. The highest BCUT2D eigenvalue weighted by Gasteiger charge is 2.14. The second-order valence-corrected chi connectivity index (χ2v) is 4.71. The normalized spacial score (nSPS) is 12.2. The number of halogens is 1. The van der Waals surface area contributed by atoms with Crippen LogP contribution in [0.4, 0.5) is 10.1 Å². The fourth-order valence-electron chi connectivity index (χ4n) is 2.07. The van der Waals surface area contributed by atoms with Gasteiger partial charge in [0.25, 0.3) is 5.69 Å². The Hall–Kier alpha value is -2.27. The van der Waals surface area contributed by atoms with Crippen LogP contribution >= 0.6 is 0 Å². The van der Waals surface area contributed by atoms with Crippen LogP contribution in [-0.4, -0.2) is 4.92 Å². The van der Waals surface area contributed by atoms with E-state index in [4.69, 9.17) is 5.73 Å². The number of nitrogens with zero attached hydrogens (tertiary/aromatic N) is 1. The molecule has 0 aliphatic heterocycles. The molecule has 2 aromatic carbocycles. The average Bonchev–Trinajstić information content (AvgIpc) is 2.42. The third-order valence-corrected chi connectivity index (χ3v) is 3.22. The third-order valence-electron chi connectivity index (χ3n) is 3.22. The maximum Gasteiger partial charge on any atom is 0.269 e. The van der Waals surface area contributed by atoms with Crippen LogP contribution in [0.3, 0.4) is 0 Å². The maximum atomic E-state index is 14.0. The number of rotatable bonds is 4. The second kappa shape index (κ2) is 5.79. The summed E-state index contributed by atoms with van der Waals surface area (Å²) < 4.78 is 14.0. The smallest absolute Gasteiger partial charge is 0.269 e. The molecule has 0 saturated carbocycles. The molecule has 2 rings (SSSR count). The summed E-state index contributed by atoms with van der Waals surface area (Å²) in [5, 5.41) is 10.6. The molecule has 1 atom stereocenters. The molecular weight excluding hydrogens is 259 g/mol. The summed E-state index contributed by atoms with van der Waals surface area (Å²) in [6, 6.07) is 10.8. The Kier molecular flexibility index (Phi) is 4.10. The minimum absolute atomic E-state index is 0.0315. The lowest BCUT2D eigenvalue weighted by atomic mass is 9.97. The quantitative estimate of drug-likeness (QED) is 0.687. The molecule has 0 aliphatic carbocycles. The van der Waals surface area contributed by atoms with E-state index >= 15 is 0 Å². The maximum absolute atomic E-state index is 14.0. The summed E-state index contributed by atoms with van der Waals surface area (Å²) in [5.74, 6) is -0.290. The molecule has 0 radical (unpaired) electrons. The monoisotopic (exact) mass is 274 g/mol. The van der Waals surface area contributed by atoms with Crippen LogP contribution in [0.25, 0.3) is 0 Å². The van der Waals surface area contributed by atoms with Gasteiger partial charge in [0.2, 0.25) is 0 Å². The van der Waals surface area contributed by atoms with Crippen molar-refractivity contribution >= 4 is 5.69 Å². The van der Waals surface area contributed by atoms with E-state index in [1.807, 2.05) is 0 Å². The predicted octanol–water partition coefficient (Wildman–Crippen LogP) is 3.28. The molecule has 2 N–H and O–H groups in total. The number of nitrogens with two attached hydrogens (primary N) is 1. The van der Waals surface area contributed by atoms with E-state index in [9.17, 15) is 14.5 Å². The van der Waals surface area contributed by atoms with Crippen LogP contribution in [0.2, 0.25) is 0 Å². The van der Waals surface area contributed by atoms with Crippen LogP contribution in [0, 0.1) is 22.9 Å². The van der Waals surface area contributed by atoms with Gasteiger partial charge in [0.05, 0.1) is 4.92 Å². The Morgan fingerprint density at radius 2 is 1.90 bits per heavy atom. The zero-order chi connectivity index (χ0) is 14.7. The van der Waals surface area contributed by atoms with Gasteiger partial charge >= 0.3 is 0 Å². The number of hydrogen-bond donors (Lipinski definition) is 1. The van der Waals surface area contributed by atoms with Gasteiger partial charge in [-0.1, -0.05) is 30.3 Å². The van der Waals surface area contributed by atoms with Crippen molar-refractivity contribution in [2.45, 2.75) is 19.4 Å². The van der Waals surface area contributed by atoms with E-state index in [1.165, 1.54) is 12.1 Å². The van der Waals surface area contributed by atoms with Crippen molar-refractivity contribution in [2.24, 2.45) is 5.73 Å². The van der Waals surface area contributed by atoms with E-state index in [2.05, 4.69) is 0 Å². The van der Waals surface area contributed by atoms with Gasteiger partial charge in [-0.25, -0.2) is 4.39 Å². The van der Waals surface area contributed by atoms with Crippen molar-refractivity contribution in [3.05, 3.63) is 75.1 Å². The number of hydrogen-bond acceptors (Lipinski definition) is 3. The minimum atomic E-state index is -0.476. The molecule has 0 fully saturated rings. The highest BCUT2D eigenvalue weighted by molar-refractivity contribution is 5.34. The molecule has 0 aromatic heterocycles. The molecule has 0 heterocycles. The number of aryl methyl sites for hydroxylation is 1. The molecule has 0 amide bonds. The van der Waals surface area contributed by atoms with Gasteiger partial charge < -0.3 is 5.73 Å². The first-order valence-corrected chi connectivity index (χ1v) is 6.23. The Balaban J connectivity index is 2.17. The zero-order valence-electron chi connectivity index (χ0n) is 11.0. The number of non-ortho nitro benzene ring substituents is 1. The highest BCUT2D eigenvalue weighted by Crippen LogP contribution is 2.22. The van der Waals surface area contributed by atoms with E-state index in [-0.39, 0.29) is 11.5 Å². The van der Waals surface area contributed by atoms with Crippen molar-refractivity contribution in [1.29, 1.82) is 0 Å². The first kappa shape index (κ1) is 14.1. The Labute approximate surface area is 116 Å². The molecule has 0 saturated heterocycles. The molecule has 4 nitrogen and oxygen atoms in total. The van der Waals surface area contributed by atoms with E-state index in [1.54, 1.807) is 37.3 Å². The fourth-order valence-corrected chi connectivity index (χ4v) is 2.07. The van der Waals surface area contributed by atoms with Gasteiger partial charge in [-0.3, -0.25) is 10.1 Å². The van der Waals surface area contributed by atoms with Crippen molar-refractivity contribution < 1.29 is 9.31 Å². The van der Waals surface area contributed by atoms with Crippen molar-refractivity contribution in [1.82, 2.24) is 0 Å². The first-order valence-electron chi connectivity index (χ1n) is 6.23. The van der Waals surface area contributed by atoms with Gasteiger partial charge in [0.1, 0.15) is 5.82 Å². The summed E-state index contributed by atoms with van der Waals surface area (Å²) in [4.78, 5) is 10.1. The van der Waals surface area contributed by atoms with Crippen LogP contribution in [0.15, 0.2) is 42.5 Å². The van der Waals surface area contributed by atoms with E-state index in [0.717, 1.165) is 5.56 Å². The third kappa shape index (κ3) is 3.00. The molecule has 2 aromatic rings. The van der Waals surface area contributed by atoms with Gasteiger partial charge in [-0.2, -0.15) is 0 Å². The second-order valence-electron chi connectivity index (χ2n) is 4.71. The lowest BCUT2D eigenvalue weighted by Crippen LogP contribution is -2.15. The molecule has 20 heavy (non-hydrogen) atoms. The largest absolute Gasteiger partial charge is 0.324 e. The van der Waals surface area contributed by atoms with Crippen molar-refractivity contribution in [3.8, 4) is 0 Å². The van der Waals surface area contributed by atoms with Crippen LogP contribution in [-0.2, 0) is 6.42 Å². The van der Waals surface area contributed by atoms with E-state index < -0.39 is 11.0 Å². The SMILES string of the molecule is Cc1cccc(C(N)Cc2ccc([N+](=O)[O-])cc2)c1F. The molecular formula is C15H15FN2O2. The molecule has 0 bridgehead atoms. The van der Waals surface area contributed by atoms with Gasteiger partial charge in [-0.05, 0) is 24.5 Å². The van der Waals surface area contributed by atoms with Crippen LogP contribution in [0.5, 0.6) is 0 Å². The summed E-state index contributed by atoms with van der Waals surface area (Å²) in [5.41, 5.74) is 7.91. The fraction of sp³-hybridized carbons (Fsp3) is 0.200. The topological polar surface area (TPSA) is 69.2 Å². The zero-order valence-corrected chi connectivity index (χ0v) is 11.0. The van der Waals surface area contributed by atoms with Gasteiger partial charge in [-0.15, -0.1) is 0 Å². The summed E-state index contributed by atoms with van der Waals surface area (Å²) in [6.07, 6.45) is 0.429. The molecule has 1 unspecified atom stereocenters. The minimum Gasteiger partial charge on any atom is -0.324 e. The summed E-state index contributed by atoms with van der Waals surface area (Å²) >= 11 is 0. The Morgan fingerprint density at radius 3 is 2.50 bits per heavy atom. The standard InChI is InChI=1S/C15H15FN2O2/c1-10-3-2-4-13(15(10)16)14(17)9-11-5-7-12(8-6-11)18(19)20/h2-8,14H,9,17H2,1H3. The van der Waals surface area contributed by atoms with Gasteiger partial charge in [0, 0.05) is 23.7 Å². The summed E-state index contributed by atoms with van der Waals surface area (Å²) in [6.45, 7) is 1.69. The summed E-state index contributed by atoms with van der Waals surface area (Å²) in [7, 11) is 0. The number of nitro benzene ring substituents is 1. The molecule has 104 valence electrons. The lowest BCUT2D eigenvalue weighted by Gasteiger charge is -2.14. The molecule has 0 aliphatic rings. The predicted molar refractivity (Wildman–Crippen MR) is 74.9 cm³/mol. The molecule has 5 heteroatoms. The first-order chi connectivity index (χ1) is 9.49. The highest BCUT2D eigenvalue weighted by atomic mass is 19.1. The van der Waals surface area contributed by atoms with Crippen molar-refractivity contribution in [3.63, 3.8) is 0 Å². The van der Waals surface area contributed by atoms with Crippen LogP contribution in [0.1, 0.15) is 22.7 Å². The molecule has 0 spiro atoms. The van der Waals surface area contributed by atoms with Crippen molar-refractivity contribution in [2.75, 3.05) is 0 Å². The lowest BCUT2D eigenvalue weighted by molar-refractivity contribution is -0.384. The van der Waals surface area contributed by atoms with Crippen LogP contribution < -0.4 is 5.73 Å². The Bertz CT molecular complexity index is 626. The number of nitro groups is 1.